The minimum Gasteiger partial charge on any atom is -0.478 e. The molecule has 2 rings (SSSR count). The van der Waals surface area contributed by atoms with E-state index in [0.717, 1.165) is 43.9 Å². The van der Waals surface area contributed by atoms with Gasteiger partial charge in [-0.3, -0.25) is 0 Å². The Morgan fingerprint density at radius 1 is 1.00 bits per heavy atom. The minimum atomic E-state index is -1.11. The number of esters is 1. The molecular formula is C22H28O4. The Balaban J connectivity index is 2.39. The number of carboxylic acid groups (broad SMARTS) is 1. The molecule has 0 heterocycles. The number of ether oxygens (including phenoxy) is 1. The van der Waals surface area contributed by atoms with E-state index in [1.807, 2.05) is 26.0 Å². The van der Waals surface area contributed by atoms with Gasteiger partial charge in [-0.25, -0.2) is 9.59 Å². The molecule has 4 heteroatoms. The van der Waals surface area contributed by atoms with Gasteiger partial charge in [-0.15, -0.1) is 0 Å². The van der Waals surface area contributed by atoms with Crippen molar-refractivity contribution in [2.75, 3.05) is 0 Å². The first-order chi connectivity index (χ1) is 12.5. The van der Waals surface area contributed by atoms with Crippen LogP contribution in [-0.4, -0.2) is 22.6 Å². The zero-order chi connectivity index (χ0) is 19.2. The Morgan fingerprint density at radius 2 is 1.69 bits per heavy atom. The molecule has 0 unspecified atom stereocenters. The van der Waals surface area contributed by atoms with Crippen LogP contribution >= 0.6 is 0 Å². The number of unbranched alkanes of at least 4 members (excludes halogenated alkanes) is 2. The van der Waals surface area contributed by atoms with Gasteiger partial charge in [0.05, 0.1) is 11.1 Å². The van der Waals surface area contributed by atoms with Crippen LogP contribution in [0.1, 0.15) is 80.0 Å². The molecule has 26 heavy (non-hydrogen) atoms. The normalized spacial score (nSPS) is 11.5. The first-order valence-electron chi connectivity index (χ1n) is 9.46. The second kappa shape index (κ2) is 8.84. The monoisotopic (exact) mass is 356 g/mol. The molecule has 0 saturated carbocycles. The van der Waals surface area contributed by atoms with Gasteiger partial charge in [-0.2, -0.15) is 0 Å². The summed E-state index contributed by atoms with van der Waals surface area (Å²) in [4.78, 5) is 24.7. The summed E-state index contributed by atoms with van der Waals surface area (Å²) in [6.45, 7) is 6.17. The minimum absolute atomic E-state index is 0.0164. The fourth-order valence-electron chi connectivity index (χ4n) is 3.42. The highest BCUT2D eigenvalue weighted by atomic mass is 16.6. The van der Waals surface area contributed by atoms with E-state index in [0.29, 0.717) is 5.39 Å². The van der Waals surface area contributed by atoms with Gasteiger partial charge in [0.25, 0.3) is 0 Å². The van der Waals surface area contributed by atoms with Crippen molar-refractivity contribution in [3.8, 4) is 0 Å². The first-order valence-corrected chi connectivity index (χ1v) is 9.46. The van der Waals surface area contributed by atoms with Gasteiger partial charge in [-0.05, 0) is 42.5 Å². The summed E-state index contributed by atoms with van der Waals surface area (Å²) in [5, 5.41) is 11.0. The maximum absolute atomic E-state index is 12.9. The Hall–Kier alpha value is -2.36. The van der Waals surface area contributed by atoms with Crippen molar-refractivity contribution in [1.29, 1.82) is 0 Å². The third kappa shape index (κ3) is 4.24. The zero-order valence-electron chi connectivity index (χ0n) is 15.9. The van der Waals surface area contributed by atoms with E-state index in [1.54, 1.807) is 24.3 Å². The predicted molar refractivity (Wildman–Crippen MR) is 104 cm³/mol. The van der Waals surface area contributed by atoms with Crippen molar-refractivity contribution >= 4 is 22.7 Å². The van der Waals surface area contributed by atoms with Crippen LogP contribution in [0.15, 0.2) is 36.4 Å². The molecule has 0 saturated heterocycles. The lowest BCUT2D eigenvalue weighted by Gasteiger charge is -2.32. The van der Waals surface area contributed by atoms with Gasteiger partial charge in [0, 0.05) is 0 Å². The molecule has 0 radical (unpaired) electrons. The summed E-state index contributed by atoms with van der Waals surface area (Å²) < 4.78 is 5.91. The SMILES string of the molecule is CCCCCC(CC)(CC)OC(=O)c1ccc2ccccc2c1C(=O)O. The smallest absolute Gasteiger partial charge is 0.339 e. The molecule has 2 aromatic carbocycles. The van der Waals surface area contributed by atoms with Crippen molar-refractivity contribution in [2.24, 2.45) is 0 Å². The van der Waals surface area contributed by atoms with Crippen LogP contribution in [0, 0.1) is 0 Å². The highest BCUT2D eigenvalue weighted by molar-refractivity contribution is 6.12. The van der Waals surface area contributed by atoms with E-state index in [2.05, 4.69) is 6.92 Å². The van der Waals surface area contributed by atoms with Gasteiger partial charge in [0.1, 0.15) is 5.60 Å². The highest BCUT2D eigenvalue weighted by Crippen LogP contribution is 2.30. The Bertz CT molecular complexity index is 775. The molecule has 0 spiro atoms. The van der Waals surface area contributed by atoms with E-state index < -0.39 is 17.5 Å². The van der Waals surface area contributed by atoms with Crippen LogP contribution in [0.5, 0.6) is 0 Å². The first kappa shape index (κ1) is 20.0. The number of carbonyl (C=O) groups excluding carboxylic acids is 1. The van der Waals surface area contributed by atoms with Gasteiger partial charge in [0.2, 0.25) is 0 Å². The number of aromatic carboxylic acids is 1. The highest BCUT2D eigenvalue weighted by Gasteiger charge is 2.32. The van der Waals surface area contributed by atoms with Crippen LogP contribution in [0.25, 0.3) is 10.8 Å². The Labute approximate surface area is 155 Å². The number of carbonyl (C=O) groups is 2. The molecule has 0 aliphatic carbocycles. The fraction of sp³-hybridized carbons (Fsp3) is 0.455. The maximum atomic E-state index is 12.9. The lowest BCUT2D eigenvalue weighted by atomic mass is 9.90. The second-order valence-corrected chi connectivity index (χ2v) is 6.75. The summed E-state index contributed by atoms with van der Waals surface area (Å²) in [7, 11) is 0. The summed E-state index contributed by atoms with van der Waals surface area (Å²) in [6.07, 6.45) is 5.43. The van der Waals surface area contributed by atoms with Crippen molar-refractivity contribution in [3.63, 3.8) is 0 Å². The molecule has 0 fully saturated rings. The van der Waals surface area contributed by atoms with Crippen molar-refractivity contribution < 1.29 is 19.4 Å². The van der Waals surface area contributed by atoms with Gasteiger partial charge >= 0.3 is 11.9 Å². The molecule has 4 nitrogen and oxygen atoms in total. The number of hydrogen-bond donors (Lipinski definition) is 1. The standard InChI is InChI=1S/C22H28O4/c1-4-7-10-15-22(5-2,6-3)26-21(25)18-14-13-16-11-8-9-12-17(16)19(18)20(23)24/h8-9,11-14H,4-7,10,15H2,1-3H3,(H,23,24). The topological polar surface area (TPSA) is 63.6 Å². The fourth-order valence-corrected chi connectivity index (χ4v) is 3.42. The largest absolute Gasteiger partial charge is 0.478 e. The molecule has 0 amide bonds. The van der Waals surface area contributed by atoms with Gasteiger partial charge in [0.15, 0.2) is 0 Å². The van der Waals surface area contributed by atoms with E-state index in [-0.39, 0.29) is 11.1 Å². The Kier molecular flexibility index (Phi) is 6.78. The lowest BCUT2D eigenvalue weighted by Crippen LogP contribution is -2.34. The quantitative estimate of drug-likeness (QED) is 0.453. The molecule has 140 valence electrons. The van der Waals surface area contributed by atoms with E-state index in [4.69, 9.17) is 4.74 Å². The van der Waals surface area contributed by atoms with Crippen LogP contribution in [-0.2, 0) is 4.74 Å². The molecule has 0 aliphatic heterocycles. The number of fused-ring (bicyclic) bond motifs is 1. The van der Waals surface area contributed by atoms with Crippen LogP contribution in [0.3, 0.4) is 0 Å². The van der Waals surface area contributed by atoms with Crippen molar-refractivity contribution in [2.45, 2.75) is 64.9 Å². The third-order valence-corrected chi connectivity index (χ3v) is 5.20. The molecule has 0 atom stereocenters. The summed E-state index contributed by atoms with van der Waals surface area (Å²) in [5.74, 6) is -1.66. The van der Waals surface area contributed by atoms with Crippen molar-refractivity contribution in [3.05, 3.63) is 47.5 Å². The lowest BCUT2D eigenvalue weighted by molar-refractivity contribution is -0.0287. The molecule has 0 aliphatic rings. The van der Waals surface area contributed by atoms with E-state index in [9.17, 15) is 14.7 Å². The molecular weight excluding hydrogens is 328 g/mol. The molecule has 2 aromatic rings. The van der Waals surface area contributed by atoms with Crippen LogP contribution < -0.4 is 0 Å². The number of benzene rings is 2. The number of hydrogen-bond acceptors (Lipinski definition) is 3. The molecule has 0 aromatic heterocycles. The van der Waals surface area contributed by atoms with Crippen molar-refractivity contribution in [1.82, 2.24) is 0 Å². The molecule has 1 N–H and O–H groups in total. The van der Waals surface area contributed by atoms with Gasteiger partial charge in [-0.1, -0.05) is 63.9 Å². The van der Waals surface area contributed by atoms with E-state index >= 15 is 0 Å². The number of rotatable bonds is 9. The predicted octanol–water partition coefficient (Wildman–Crippen LogP) is 5.83. The third-order valence-electron chi connectivity index (χ3n) is 5.20. The summed E-state index contributed by atoms with van der Waals surface area (Å²) in [6, 6.07) is 10.5. The van der Waals surface area contributed by atoms with Gasteiger partial charge < -0.3 is 9.84 Å². The average Bonchev–Trinajstić information content (AvgIpc) is 2.66. The van der Waals surface area contributed by atoms with Crippen LogP contribution in [0.2, 0.25) is 0 Å². The maximum Gasteiger partial charge on any atom is 0.339 e. The summed E-state index contributed by atoms with van der Waals surface area (Å²) >= 11 is 0. The zero-order valence-corrected chi connectivity index (χ0v) is 15.9. The summed E-state index contributed by atoms with van der Waals surface area (Å²) in [5.41, 5.74) is -0.394. The van der Waals surface area contributed by atoms with E-state index in [1.165, 1.54) is 0 Å². The van der Waals surface area contributed by atoms with Crippen LogP contribution in [0.4, 0.5) is 0 Å². The molecule has 0 bridgehead atoms. The average molecular weight is 356 g/mol. The number of carboxylic acids is 1. The Morgan fingerprint density at radius 3 is 2.31 bits per heavy atom. The second-order valence-electron chi connectivity index (χ2n) is 6.75.